The van der Waals surface area contributed by atoms with E-state index in [1.165, 1.54) is 31.2 Å². The van der Waals surface area contributed by atoms with E-state index in [1.807, 2.05) is 6.92 Å². The van der Waals surface area contributed by atoms with Crippen LogP contribution in [0.4, 0.5) is 20.5 Å². The van der Waals surface area contributed by atoms with Gasteiger partial charge in [-0.05, 0) is 74.8 Å². The van der Waals surface area contributed by atoms with E-state index < -0.39 is 11.6 Å². The minimum Gasteiger partial charge on any atom is -0.469 e. The average Bonchev–Trinajstić information content (AvgIpc) is 3.61. The second-order valence-electron chi connectivity index (χ2n) is 10.7. The van der Waals surface area contributed by atoms with Crippen molar-refractivity contribution in [2.45, 2.75) is 64.0 Å². The van der Waals surface area contributed by atoms with Gasteiger partial charge in [0.05, 0.1) is 31.5 Å². The molecule has 2 aromatic carbocycles. The number of anilines is 2. The summed E-state index contributed by atoms with van der Waals surface area (Å²) < 4.78 is 47.7. The predicted molar refractivity (Wildman–Crippen MR) is 153 cm³/mol. The number of carbonyl (C=O) groups is 2. The number of esters is 1. The number of carbonyl (C=O) groups excluding carboxylic acids is 2. The fraction of sp³-hybridized carbons (Fsp3) is 0.500. The van der Waals surface area contributed by atoms with Crippen molar-refractivity contribution in [3.63, 3.8) is 0 Å². The Balaban J connectivity index is 1.11. The molecule has 0 amide bonds. The van der Waals surface area contributed by atoms with Gasteiger partial charge < -0.3 is 19.2 Å². The monoisotopic (exact) mass is 587 g/mol. The predicted octanol–water partition coefficient (Wildman–Crippen LogP) is 6.13. The number of nitrogens with one attached hydrogen (secondary N) is 1. The van der Waals surface area contributed by atoms with Crippen LogP contribution in [0.5, 0.6) is 0 Å². The van der Waals surface area contributed by atoms with E-state index in [9.17, 15) is 14.0 Å². The maximum Gasteiger partial charge on any atom is 0.308 e. The molecule has 0 bridgehead atoms. The summed E-state index contributed by atoms with van der Waals surface area (Å²) in [6.07, 6.45) is 5.40. The van der Waals surface area contributed by atoms with Gasteiger partial charge in [-0.2, -0.15) is 4.98 Å². The topological polar surface area (TPSA) is 93.9 Å². The molecule has 0 unspecified atom stereocenters. The van der Waals surface area contributed by atoms with E-state index in [1.54, 1.807) is 18.2 Å². The largest absolute Gasteiger partial charge is 0.469 e. The molecule has 1 aromatic heterocycles. The summed E-state index contributed by atoms with van der Waals surface area (Å²) in [6, 6.07) is 7.74. The van der Waals surface area contributed by atoms with Gasteiger partial charge in [-0.15, -0.1) is 0 Å². The van der Waals surface area contributed by atoms with Gasteiger partial charge in [-0.25, -0.2) is 13.1 Å². The number of halogens is 2. The Hall–Kier alpha value is -3.02. The molecule has 41 heavy (non-hydrogen) atoms. The molecule has 1 N–H and O–H groups in total. The van der Waals surface area contributed by atoms with Gasteiger partial charge >= 0.3 is 5.97 Å². The zero-order chi connectivity index (χ0) is 28.9. The molecule has 1 saturated heterocycles. The number of rotatable bonds is 11. The van der Waals surface area contributed by atoms with Gasteiger partial charge in [-0.3, -0.25) is 9.59 Å². The van der Waals surface area contributed by atoms with Crippen LogP contribution in [-0.2, 0) is 25.5 Å². The number of ketones is 1. The van der Waals surface area contributed by atoms with Gasteiger partial charge in [-0.1, -0.05) is 24.1 Å². The maximum absolute atomic E-state index is 15.3. The summed E-state index contributed by atoms with van der Waals surface area (Å²) in [5.41, 5.74) is 1.77. The number of aryl methyl sites for hydroxylation is 1. The van der Waals surface area contributed by atoms with E-state index in [-0.39, 0.29) is 59.2 Å². The molecule has 1 saturated carbocycles. The standard InChI is InChI=1S/C30H35F2N3O5S/c1-18-5-9-21(31)15-26(18)34-30-33-25-12-8-20(27(32)28(25)40-30)14-23(36)17-41-35-13-3-4-22(35)16-39-24-10-6-19(7-11-24)29(37)38-2/h5,8-9,12,15,19,22,24H,3-4,6-7,10-11,13-14,16-17H2,1-2H3,(H,33,34)/t19-,22-,24-/m0/s1. The van der Waals surface area contributed by atoms with Crippen LogP contribution in [-0.4, -0.2) is 59.2 Å². The lowest BCUT2D eigenvalue weighted by molar-refractivity contribution is -0.147. The molecular weight excluding hydrogens is 552 g/mol. The molecular formula is C30H35F2N3O5S. The van der Waals surface area contributed by atoms with Gasteiger partial charge in [0, 0.05) is 24.7 Å². The number of benzene rings is 2. The van der Waals surface area contributed by atoms with Gasteiger partial charge in [0.25, 0.3) is 6.01 Å². The molecule has 1 aliphatic carbocycles. The highest BCUT2D eigenvalue weighted by Gasteiger charge is 2.30. The van der Waals surface area contributed by atoms with Crippen molar-refractivity contribution in [1.82, 2.24) is 9.29 Å². The SMILES string of the molecule is COC(=O)[C@H]1CC[C@H](OC[C@@H]2CCCN2SCC(=O)Cc2ccc3nc(Nc4cc(F)ccc4C)oc3c2F)CC1. The van der Waals surface area contributed by atoms with E-state index in [0.29, 0.717) is 17.8 Å². The molecule has 5 rings (SSSR count). The first-order valence-electron chi connectivity index (χ1n) is 14.0. The third kappa shape index (κ3) is 7.25. The lowest BCUT2D eigenvalue weighted by Crippen LogP contribution is -2.33. The molecule has 8 nitrogen and oxygen atoms in total. The minimum absolute atomic E-state index is 0.0257. The molecule has 11 heteroatoms. The Morgan fingerprint density at radius 3 is 2.73 bits per heavy atom. The van der Waals surface area contributed by atoms with Crippen molar-refractivity contribution in [1.29, 1.82) is 0 Å². The third-order valence-electron chi connectivity index (χ3n) is 7.85. The maximum atomic E-state index is 15.3. The Morgan fingerprint density at radius 2 is 1.95 bits per heavy atom. The first-order valence-corrected chi connectivity index (χ1v) is 15.0. The highest BCUT2D eigenvalue weighted by atomic mass is 32.2. The van der Waals surface area contributed by atoms with Crippen LogP contribution >= 0.6 is 11.9 Å². The Kier molecular flexibility index (Phi) is 9.57. The number of ether oxygens (including phenoxy) is 2. The summed E-state index contributed by atoms with van der Waals surface area (Å²) in [4.78, 5) is 28.8. The van der Waals surface area contributed by atoms with Crippen LogP contribution in [0.3, 0.4) is 0 Å². The first kappa shape index (κ1) is 29.5. The molecule has 2 heterocycles. The number of aromatic nitrogens is 1. The van der Waals surface area contributed by atoms with E-state index in [2.05, 4.69) is 14.6 Å². The van der Waals surface area contributed by atoms with Crippen molar-refractivity contribution < 1.29 is 32.3 Å². The zero-order valence-electron chi connectivity index (χ0n) is 23.3. The normalized spacial score (nSPS) is 21.3. The number of hydrogen-bond donors (Lipinski definition) is 1. The van der Waals surface area contributed by atoms with E-state index in [0.717, 1.165) is 50.6 Å². The average molecular weight is 588 g/mol. The number of oxazole rings is 1. The lowest BCUT2D eigenvalue weighted by Gasteiger charge is -2.29. The van der Waals surface area contributed by atoms with Crippen LogP contribution in [0, 0.1) is 24.5 Å². The van der Waals surface area contributed by atoms with Crippen molar-refractivity contribution in [3.05, 3.63) is 53.1 Å². The van der Waals surface area contributed by atoms with Crippen molar-refractivity contribution >= 4 is 46.5 Å². The summed E-state index contributed by atoms with van der Waals surface area (Å²) in [5, 5.41) is 2.90. The highest BCUT2D eigenvalue weighted by molar-refractivity contribution is 7.97. The Labute approximate surface area is 242 Å². The van der Waals surface area contributed by atoms with Crippen molar-refractivity contribution in [2.75, 3.05) is 31.3 Å². The van der Waals surface area contributed by atoms with Crippen LogP contribution in [0.1, 0.15) is 49.7 Å². The fourth-order valence-corrected chi connectivity index (χ4v) is 6.53. The van der Waals surface area contributed by atoms with Crippen LogP contribution < -0.4 is 5.32 Å². The van der Waals surface area contributed by atoms with Crippen LogP contribution in [0.2, 0.25) is 0 Å². The number of Topliss-reactive ketones (excluding diaryl/α,β-unsaturated/α-hetero) is 1. The molecule has 2 fully saturated rings. The van der Waals surface area contributed by atoms with Crippen molar-refractivity contribution in [3.8, 4) is 0 Å². The minimum atomic E-state index is -0.619. The second kappa shape index (κ2) is 13.3. The number of fused-ring (bicyclic) bond motifs is 1. The van der Waals surface area contributed by atoms with E-state index >= 15 is 4.39 Å². The highest BCUT2D eigenvalue weighted by Crippen LogP contribution is 2.31. The smallest absolute Gasteiger partial charge is 0.308 e. The Morgan fingerprint density at radius 1 is 1.15 bits per heavy atom. The molecule has 0 spiro atoms. The fourth-order valence-electron chi connectivity index (χ4n) is 5.48. The zero-order valence-corrected chi connectivity index (χ0v) is 24.1. The molecule has 1 aliphatic heterocycles. The molecule has 3 aromatic rings. The molecule has 2 aliphatic rings. The summed E-state index contributed by atoms with van der Waals surface area (Å²) >= 11 is 1.47. The first-order chi connectivity index (χ1) is 19.8. The number of hydrogen-bond acceptors (Lipinski definition) is 9. The van der Waals surface area contributed by atoms with Gasteiger partial charge in [0.1, 0.15) is 17.1 Å². The van der Waals surface area contributed by atoms with Gasteiger partial charge in [0.15, 0.2) is 11.4 Å². The number of methoxy groups -OCH3 is 1. The molecule has 1 atom stereocenters. The number of nitrogens with zero attached hydrogens (tertiary/aromatic N) is 2. The van der Waals surface area contributed by atoms with Crippen LogP contribution in [0.25, 0.3) is 11.1 Å². The van der Waals surface area contributed by atoms with Gasteiger partial charge in [0.2, 0.25) is 0 Å². The molecule has 0 radical (unpaired) electrons. The summed E-state index contributed by atoms with van der Waals surface area (Å²) in [7, 11) is 1.43. The van der Waals surface area contributed by atoms with Crippen molar-refractivity contribution in [2.24, 2.45) is 5.92 Å². The summed E-state index contributed by atoms with van der Waals surface area (Å²) in [5.74, 6) is -1.04. The quantitative estimate of drug-likeness (QED) is 0.210. The third-order valence-corrected chi connectivity index (χ3v) is 9.12. The lowest BCUT2D eigenvalue weighted by atomic mass is 9.87. The van der Waals surface area contributed by atoms with Crippen LogP contribution in [0.15, 0.2) is 34.7 Å². The Bertz CT molecular complexity index is 1390. The summed E-state index contributed by atoms with van der Waals surface area (Å²) in [6.45, 7) is 3.28. The molecule has 220 valence electrons. The van der Waals surface area contributed by atoms with E-state index in [4.69, 9.17) is 13.9 Å². The second-order valence-corrected chi connectivity index (χ2v) is 11.8.